The molecule has 49 heavy (non-hydrogen) atoms. The highest BCUT2D eigenvalue weighted by molar-refractivity contribution is 7.26. The molecule has 0 aliphatic rings. The second kappa shape index (κ2) is 11.2. The van der Waals surface area contributed by atoms with Crippen molar-refractivity contribution >= 4 is 81.3 Å². The highest BCUT2D eigenvalue weighted by atomic mass is 32.1. The van der Waals surface area contributed by atoms with Crippen LogP contribution in [-0.4, -0.2) is 0 Å². The Hall–Kier alpha value is -6.16. The maximum Gasteiger partial charge on any atom is 0.135 e. The van der Waals surface area contributed by atoms with Gasteiger partial charge in [-0.25, -0.2) is 0 Å². The number of hydrogen-bond acceptors (Lipinski definition) is 3. The summed E-state index contributed by atoms with van der Waals surface area (Å²) in [7, 11) is 0. The summed E-state index contributed by atoms with van der Waals surface area (Å²) in [6, 6.07) is 63.3. The molecule has 2 nitrogen and oxygen atoms in total. The summed E-state index contributed by atoms with van der Waals surface area (Å²) >= 11 is 1.87. The van der Waals surface area contributed by atoms with E-state index in [9.17, 15) is 0 Å². The molecule has 0 saturated carbocycles. The van der Waals surface area contributed by atoms with Crippen molar-refractivity contribution in [3.63, 3.8) is 0 Å². The molecule has 0 radical (unpaired) electrons. The average Bonchev–Trinajstić information content (AvgIpc) is 3.74. The minimum atomic E-state index is 0.911. The molecule has 2 aromatic heterocycles. The molecular formula is C46H29NOS. The first-order chi connectivity index (χ1) is 24.3. The number of nitrogens with zero attached hydrogens (tertiary/aromatic N) is 1. The fourth-order valence-corrected chi connectivity index (χ4v) is 8.59. The molecule has 0 bridgehead atoms. The van der Waals surface area contributed by atoms with Crippen LogP contribution in [0.4, 0.5) is 17.1 Å². The molecule has 10 aromatic rings. The molecule has 8 aromatic carbocycles. The van der Waals surface area contributed by atoms with Crippen LogP contribution in [0.3, 0.4) is 0 Å². The zero-order chi connectivity index (χ0) is 32.3. The summed E-state index contributed by atoms with van der Waals surface area (Å²) in [5.41, 5.74) is 10.0. The zero-order valence-electron chi connectivity index (χ0n) is 26.5. The van der Waals surface area contributed by atoms with E-state index in [-0.39, 0.29) is 0 Å². The average molecular weight is 644 g/mol. The second-order valence-electron chi connectivity index (χ2n) is 12.5. The van der Waals surface area contributed by atoms with Crippen molar-refractivity contribution in [2.75, 3.05) is 4.90 Å². The molecule has 0 saturated heterocycles. The molecule has 0 atom stereocenters. The lowest BCUT2D eigenvalue weighted by atomic mass is 9.98. The number of thiophene rings is 1. The molecule has 0 spiro atoms. The van der Waals surface area contributed by atoms with Crippen LogP contribution in [0.5, 0.6) is 0 Å². The van der Waals surface area contributed by atoms with E-state index in [0.717, 1.165) is 38.9 Å². The summed E-state index contributed by atoms with van der Waals surface area (Å²) in [5.74, 6) is 0. The van der Waals surface area contributed by atoms with Gasteiger partial charge < -0.3 is 9.32 Å². The van der Waals surface area contributed by atoms with Gasteiger partial charge in [0.1, 0.15) is 11.2 Å². The van der Waals surface area contributed by atoms with Crippen molar-refractivity contribution in [2.45, 2.75) is 0 Å². The van der Waals surface area contributed by atoms with Crippen molar-refractivity contribution in [3.05, 3.63) is 176 Å². The van der Waals surface area contributed by atoms with E-state index >= 15 is 0 Å². The van der Waals surface area contributed by atoms with Gasteiger partial charge in [0.2, 0.25) is 0 Å². The number of rotatable bonds is 5. The van der Waals surface area contributed by atoms with Crippen LogP contribution >= 0.6 is 11.3 Å². The van der Waals surface area contributed by atoms with Gasteiger partial charge >= 0.3 is 0 Å². The summed E-state index contributed by atoms with van der Waals surface area (Å²) in [6.45, 7) is 0. The lowest BCUT2D eigenvalue weighted by Crippen LogP contribution is -2.12. The third-order valence-electron chi connectivity index (χ3n) is 9.67. The van der Waals surface area contributed by atoms with Crippen LogP contribution in [-0.2, 0) is 0 Å². The van der Waals surface area contributed by atoms with Gasteiger partial charge in [0.25, 0.3) is 0 Å². The first-order valence-corrected chi connectivity index (χ1v) is 17.4. The van der Waals surface area contributed by atoms with Gasteiger partial charge in [0.15, 0.2) is 0 Å². The zero-order valence-corrected chi connectivity index (χ0v) is 27.3. The molecule has 0 aliphatic heterocycles. The Morgan fingerprint density at radius 1 is 0.429 bits per heavy atom. The standard InChI is InChI=1S/C46H29NOS/c1-2-11-32(12-3-1)36-26-27-39-38-17-7-9-20-44(38)49-46(39)45(36)47(41-18-10-14-31-13-4-5-15-35(31)41)34-24-21-30(22-25-34)33-23-28-43-40(29-33)37-16-6-8-19-42(37)48-43/h1-29H. The molecule has 0 unspecified atom stereocenters. The Labute approximate surface area is 287 Å². The van der Waals surface area contributed by atoms with Gasteiger partial charge in [-0.3, -0.25) is 0 Å². The van der Waals surface area contributed by atoms with Crippen molar-refractivity contribution in [3.8, 4) is 22.3 Å². The molecule has 0 N–H and O–H groups in total. The summed E-state index contributed by atoms with van der Waals surface area (Å²) in [6.07, 6.45) is 0. The Morgan fingerprint density at radius 2 is 1.12 bits per heavy atom. The van der Waals surface area contributed by atoms with Crippen molar-refractivity contribution in [1.29, 1.82) is 0 Å². The topological polar surface area (TPSA) is 16.4 Å². The highest BCUT2D eigenvalue weighted by Gasteiger charge is 2.24. The van der Waals surface area contributed by atoms with E-state index in [1.807, 2.05) is 23.5 Å². The Kier molecular flexibility index (Phi) is 6.39. The smallest absolute Gasteiger partial charge is 0.135 e. The van der Waals surface area contributed by atoms with Gasteiger partial charge in [-0.1, -0.05) is 133 Å². The van der Waals surface area contributed by atoms with Crippen LogP contribution in [0.25, 0.3) is 75.1 Å². The van der Waals surface area contributed by atoms with Gasteiger partial charge in [0.05, 0.1) is 16.1 Å². The number of anilines is 3. The van der Waals surface area contributed by atoms with Crippen molar-refractivity contribution in [2.24, 2.45) is 0 Å². The molecule has 0 aliphatic carbocycles. The van der Waals surface area contributed by atoms with Crippen LogP contribution < -0.4 is 4.90 Å². The minimum Gasteiger partial charge on any atom is -0.456 e. The van der Waals surface area contributed by atoms with Crippen LogP contribution in [0.1, 0.15) is 0 Å². The van der Waals surface area contributed by atoms with E-state index in [0.29, 0.717) is 0 Å². The summed E-state index contributed by atoms with van der Waals surface area (Å²) in [4.78, 5) is 2.49. The molecule has 0 fully saturated rings. The Balaban J connectivity index is 1.22. The number of furan rings is 1. The Bertz CT molecular complexity index is 2820. The predicted molar refractivity (Wildman–Crippen MR) is 210 cm³/mol. The van der Waals surface area contributed by atoms with Gasteiger partial charge in [0, 0.05) is 42.9 Å². The maximum absolute atomic E-state index is 6.13. The van der Waals surface area contributed by atoms with E-state index in [2.05, 4.69) is 169 Å². The molecule has 230 valence electrons. The van der Waals surface area contributed by atoms with E-state index in [1.165, 1.54) is 53.3 Å². The number of hydrogen-bond donors (Lipinski definition) is 0. The summed E-state index contributed by atoms with van der Waals surface area (Å²) in [5, 5.41) is 7.27. The molecule has 3 heteroatoms. The lowest BCUT2D eigenvalue weighted by molar-refractivity contribution is 0.669. The number of fused-ring (bicyclic) bond motifs is 7. The normalized spacial score (nSPS) is 11.7. The molecule has 0 amide bonds. The fraction of sp³-hybridized carbons (Fsp3) is 0. The quantitative estimate of drug-likeness (QED) is 0.186. The van der Waals surface area contributed by atoms with Gasteiger partial charge in [-0.15, -0.1) is 11.3 Å². The van der Waals surface area contributed by atoms with E-state index < -0.39 is 0 Å². The predicted octanol–water partition coefficient (Wildman–Crippen LogP) is 13.9. The lowest BCUT2D eigenvalue weighted by Gasteiger charge is -2.30. The first-order valence-electron chi connectivity index (χ1n) is 16.6. The summed E-state index contributed by atoms with van der Waals surface area (Å²) < 4.78 is 8.69. The third-order valence-corrected chi connectivity index (χ3v) is 10.9. The fourth-order valence-electron chi connectivity index (χ4n) is 7.35. The van der Waals surface area contributed by atoms with Crippen LogP contribution in [0, 0.1) is 0 Å². The van der Waals surface area contributed by atoms with E-state index in [1.54, 1.807) is 0 Å². The van der Waals surface area contributed by atoms with Crippen LogP contribution in [0.15, 0.2) is 180 Å². The number of para-hydroxylation sites is 1. The SMILES string of the molecule is c1ccc(-c2ccc3c(sc4ccccc43)c2N(c2ccc(-c3ccc4oc5ccccc5c4c3)cc2)c2cccc3ccccc23)cc1. The van der Waals surface area contributed by atoms with Crippen LogP contribution in [0.2, 0.25) is 0 Å². The van der Waals surface area contributed by atoms with Gasteiger partial charge in [-0.05, 0) is 64.5 Å². The van der Waals surface area contributed by atoms with Gasteiger partial charge in [-0.2, -0.15) is 0 Å². The second-order valence-corrected chi connectivity index (χ2v) is 13.5. The minimum absolute atomic E-state index is 0.911. The number of benzene rings is 8. The first kappa shape index (κ1) is 27.9. The largest absolute Gasteiger partial charge is 0.456 e. The highest BCUT2D eigenvalue weighted by Crippen LogP contribution is 2.50. The third kappa shape index (κ3) is 4.55. The molecule has 2 heterocycles. The molecular weight excluding hydrogens is 615 g/mol. The van der Waals surface area contributed by atoms with E-state index in [4.69, 9.17) is 4.42 Å². The monoisotopic (exact) mass is 643 g/mol. The molecule has 10 rings (SSSR count). The van der Waals surface area contributed by atoms with Crippen molar-refractivity contribution in [1.82, 2.24) is 0 Å². The maximum atomic E-state index is 6.13. The Morgan fingerprint density at radius 3 is 2.00 bits per heavy atom. The van der Waals surface area contributed by atoms with Crippen molar-refractivity contribution < 1.29 is 4.42 Å².